The molecule has 11 heteroatoms. The molecule has 3 aromatic heterocycles. The van der Waals surface area contributed by atoms with Gasteiger partial charge in [-0.05, 0) is 84.2 Å². The molecule has 5 rings (SSSR count). The summed E-state index contributed by atoms with van der Waals surface area (Å²) >= 11 is 0. The van der Waals surface area contributed by atoms with Crippen LogP contribution in [-0.4, -0.2) is 62.9 Å². The summed E-state index contributed by atoms with van der Waals surface area (Å²) in [5.41, 5.74) is 4.42. The molecule has 0 saturated carbocycles. The van der Waals surface area contributed by atoms with Crippen molar-refractivity contribution in [3.05, 3.63) is 95.2 Å². The number of aryl methyl sites for hydroxylation is 2. The highest BCUT2D eigenvalue weighted by atomic mass is 16.6. The van der Waals surface area contributed by atoms with E-state index in [-0.39, 0.29) is 13.2 Å². The Morgan fingerprint density at radius 1 is 0.936 bits per heavy atom. The van der Waals surface area contributed by atoms with E-state index in [0.29, 0.717) is 11.7 Å². The van der Waals surface area contributed by atoms with Crippen molar-refractivity contribution in [1.82, 2.24) is 24.8 Å². The summed E-state index contributed by atoms with van der Waals surface area (Å²) in [5, 5.41) is 5.90. The third kappa shape index (κ3) is 8.66. The summed E-state index contributed by atoms with van der Waals surface area (Å²) in [5.74, 6) is 2.15. The maximum Gasteiger partial charge on any atom is 0.408 e. The highest BCUT2D eigenvalue weighted by Gasteiger charge is 2.29. The number of amides is 1. The summed E-state index contributed by atoms with van der Waals surface area (Å²) < 4.78 is 13.1. The van der Waals surface area contributed by atoms with Crippen LogP contribution in [0.4, 0.5) is 16.4 Å². The van der Waals surface area contributed by atoms with Crippen molar-refractivity contribution >= 4 is 23.7 Å². The van der Waals surface area contributed by atoms with Crippen molar-refractivity contribution in [1.29, 1.82) is 0 Å². The van der Waals surface area contributed by atoms with E-state index in [1.165, 1.54) is 17.7 Å². The standard InChI is InChI=1S/C36H45N7O4/c1-24-15-16-25(2)43(24)31-14-10-13-29(40-31)28-17-19-42(20-18-28)33-26(3)32(38-23-39-33)37-21-30(34(44)47-36(4,5)6)41-35(45)46-22-27-11-8-7-9-12-27/h7-16,23,28,30H,17-22H2,1-6H3,(H,41,45)(H,37,38,39)/t30-/m0/s1. The van der Waals surface area contributed by atoms with Crippen molar-refractivity contribution in [3.63, 3.8) is 0 Å². The minimum atomic E-state index is -1.01. The van der Waals surface area contributed by atoms with Gasteiger partial charge in [0.1, 0.15) is 42.0 Å². The molecular weight excluding hydrogens is 594 g/mol. The quantitative estimate of drug-likeness (QED) is 0.201. The van der Waals surface area contributed by atoms with Crippen LogP contribution in [0.25, 0.3) is 5.82 Å². The average Bonchev–Trinajstić information content (AvgIpc) is 3.39. The zero-order valence-electron chi connectivity index (χ0n) is 28.1. The lowest BCUT2D eigenvalue weighted by atomic mass is 9.93. The Hall–Kier alpha value is -4.93. The van der Waals surface area contributed by atoms with Gasteiger partial charge in [0.05, 0.1) is 0 Å². The molecule has 4 aromatic rings. The Bertz CT molecular complexity index is 1650. The normalized spacial score (nSPS) is 14.4. The number of aromatic nitrogens is 4. The Morgan fingerprint density at radius 3 is 2.32 bits per heavy atom. The van der Waals surface area contributed by atoms with E-state index in [1.807, 2.05) is 37.3 Å². The SMILES string of the molecule is Cc1c(NC[C@H](NC(=O)OCc2ccccc2)C(=O)OC(C)(C)C)ncnc1N1CCC(c2cccc(-n3c(C)ccc3C)n2)CC1. The van der Waals surface area contributed by atoms with E-state index < -0.39 is 23.7 Å². The van der Waals surface area contributed by atoms with Crippen LogP contribution in [0.15, 0.2) is 67.0 Å². The first-order chi connectivity index (χ1) is 22.5. The monoisotopic (exact) mass is 639 g/mol. The fourth-order valence-electron chi connectivity index (χ4n) is 5.82. The molecule has 0 aliphatic carbocycles. The lowest BCUT2D eigenvalue weighted by molar-refractivity contribution is -0.156. The van der Waals surface area contributed by atoms with Crippen LogP contribution in [0, 0.1) is 20.8 Å². The number of pyridine rings is 1. The highest BCUT2D eigenvalue weighted by molar-refractivity contribution is 5.82. The summed E-state index contributed by atoms with van der Waals surface area (Å²) in [6, 6.07) is 18.9. The van der Waals surface area contributed by atoms with Crippen LogP contribution in [0.1, 0.15) is 67.7 Å². The second kappa shape index (κ2) is 14.7. The van der Waals surface area contributed by atoms with Crippen LogP contribution in [0.2, 0.25) is 0 Å². The molecule has 47 heavy (non-hydrogen) atoms. The number of esters is 1. The van der Waals surface area contributed by atoms with E-state index in [9.17, 15) is 9.59 Å². The van der Waals surface area contributed by atoms with Gasteiger partial charge >= 0.3 is 12.1 Å². The predicted octanol–water partition coefficient (Wildman–Crippen LogP) is 6.02. The molecule has 1 aliphatic rings. The van der Waals surface area contributed by atoms with Gasteiger partial charge in [0, 0.05) is 48.2 Å². The number of ether oxygens (including phenoxy) is 2. The number of benzene rings is 1. The molecule has 11 nitrogen and oxygen atoms in total. The maximum atomic E-state index is 13.1. The molecule has 1 aliphatic heterocycles. The van der Waals surface area contributed by atoms with Gasteiger partial charge in [-0.2, -0.15) is 0 Å². The molecule has 0 spiro atoms. The van der Waals surface area contributed by atoms with E-state index in [0.717, 1.165) is 54.4 Å². The third-order valence-corrected chi connectivity index (χ3v) is 8.20. The number of nitrogens with one attached hydrogen (secondary N) is 2. The van der Waals surface area contributed by atoms with Gasteiger partial charge in [-0.25, -0.2) is 24.5 Å². The molecule has 1 saturated heterocycles. The number of rotatable bonds is 10. The van der Waals surface area contributed by atoms with Gasteiger partial charge in [0.2, 0.25) is 0 Å². The zero-order valence-corrected chi connectivity index (χ0v) is 28.1. The molecule has 1 atom stereocenters. The molecule has 0 radical (unpaired) electrons. The fourth-order valence-corrected chi connectivity index (χ4v) is 5.82. The maximum absolute atomic E-state index is 13.1. The van der Waals surface area contributed by atoms with Crippen molar-refractivity contribution in [3.8, 4) is 5.82 Å². The van der Waals surface area contributed by atoms with Crippen molar-refractivity contribution in [2.75, 3.05) is 29.9 Å². The van der Waals surface area contributed by atoms with Crippen molar-refractivity contribution in [2.45, 2.75) is 78.6 Å². The van der Waals surface area contributed by atoms with Gasteiger partial charge < -0.3 is 29.6 Å². The largest absolute Gasteiger partial charge is 0.458 e. The minimum absolute atomic E-state index is 0.0526. The number of hydrogen-bond acceptors (Lipinski definition) is 9. The summed E-state index contributed by atoms with van der Waals surface area (Å²) in [6.07, 6.45) is 2.70. The van der Waals surface area contributed by atoms with E-state index >= 15 is 0 Å². The molecule has 1 amide bonds. The molecule has 0 unspecified atom stereocenters. The van der Waals surface area contributed by atoms with Crippen LogP contribution in [0.5, 0.6) is 0 Å². The Balaban J connectivity index is 1.22. The molecular formula is C36H45N7O4. The topological polar surface area (TPSA) is 124 Å². The van der Waals surface area contributed by atoms with Gasteiger partial charge in [0.25, 0.3) is 0 Å². The second-order valence-corrected chi connectivity index (χ2v) is 13.0. The first-order valence-electron chi connectivity index (χ1n) is 16.1. The van der Waals surface area contributed by atoms with Crippen molar-refractivity contribution in [2.24, 2.45) is 0 Å². The lowest BCUT2D eigenvalue weighted by Gasteiger charge is -2.33. The van der Waals surface area contributed by atoms with Crippen LogP contribution in [-0.2, 0) is 20.9 Å². The number of alkyl carbamates (subject to hydrolysis) is 1. The Morgan fingerprint density at radius 2 is 1.64 bits per heavy atom. The number of carbonyl (C=O) groups excluding carboxylic acids is 2. The smallest absolute Gasteiger partial charge is 0.408 e. The highest BCUT2D eigenvalue weighted by Crippen LogP contribution is 2.32. The number of anilines is 2. The van der Waals surface area contributed by atoms with Crippen molar-refractivity contribution < 1.29 is 19.1 Å². The van der Waals surface area contributed by atoms with Crippen LogP contribution in [0.3, 0.4) is 0 Å². The molecule has 0 bridgehead atoms. The molecule has 1 fully saturated rings. The van der Waals surface area contributed by atoms with Gasteiger partial charge in [0.15, 0.2) is 0 Å². The summed E-state index contributed by atoms with van der Waals surface area (Å²) in [7, 11) is 0. The first-order valence-corrected chi connectivity index (χ1v) is 16.1. The number of nitrogens with zero attached hydrogens (tertiary/aromatic N) is 5. The fraction of sp³-hybridized carbons (Fsp3) is 0.417. The predicted molar refractivity (Wildman–Crippen MR) is 182 cm³/mol. The molecule has 2 N–H and O–H groups in total. The van der Waals surface area contributed by atoms with Gasteiger partial charge in [-0.15, -0.1) is 0 Å². The van der Waals surface area contributed by atoms with E-state index in [2.05, 4.69) is 74.2 Å². The molecule has 4 heterocycles. The first kappa shape index (κ1) is 33.4. The Labute approximate surface area is 276 Å². The third-order valence-electron chi connectivity index (χ3n) is 8.20. The van der Waals surface area contributed by atoms with Crippen LogP contribution < -0.4 is 15.5 Å². The number of hydrogen-bond donors (Lipinski definition) is 2. The number of piperidine rings is 1. The number of carbonyl (C=O) groups is 2. The second-order valence-electron chi connectivity index (χ2n) is 13.0. The summed E-state index contributed by atoms with van der Waals surface area (Å²) in [6.45, 7) is 13.3. The summed E-state index contributed by atoms with van der Waals surface area (Å²) in [4.78, 5) is 42.1. The minimum Gasteiger partial charge on any atom is -0.458 e. The average molecular weight is 640 g/mol. The molecule has 1 aromatic carbocycles. The Kier molecular flexibility index (Phi) is 10.4. The lowest BCUT2D eigenvalue weighted by Crippen LogP contribution is -2.48. The molecule has 248 valence electrons. The van der Waals surface area contributed by atoms with E-state index in [1.54, 1.807) is 20.8 Å². The van der Waals surface area contributed by atoms with Gasteiger partial charge in [-0.3, -0.25) is 0 Å². The van der Waals surface area contributed by atoms with Gasteiger partial charge in [-0.1, -0.05) is 36.4 Å². The van der Waals surface area contributed by atoms with Crippen LogP contribution >= 0.6 is 0 Å². The zero-order chi connectivity index (χ0) is 33.6. The van der Waals surface area contributed by atoms with E-state index in [4.69, 9.17) is 14.5 Å².